The average molecular weight is 494 g/mol. The number of hydrogen-bond donors (Lipinski definition) is 3. The number of nitrogens with two attached hydrogens (primary N) is 2. The highest BCUT2D eigenvalue weighted by atomic mass is 32.2. The fourth-order valence-corrected chi connectivity index (χ4v) is 3.70. The molecule has 32 heavy (non-hydrogen) atoms. The first kappa shape index (κ1) is 25.3. The summed E-state index contributed by atoms with van der Waals surface area (Å²) in [7, 11) is 0. The molecular weight excluding hydrogens is 479 g/mol. The van der Waals surface area contributed by atoms with Crippen molar-refractivity contribution in [3.63, 3.8) is 0 Å². The third kappa shape index (κ3) is 7.02. The summed E-state index contributed by atoms with van der Waals surface area (Å²) in [5, 5.41) is 3.90. The molecule has 1 aromatic heterocycles. The largest absolute Gasteiger partial charge is 0.422 e. The van der Waals surface area contributed by atoms with E-state index >= 15 is 0 Å². The van der Waals surface area contributed by atoms with E-state index < -0.39 is 53.0 Å². The zero-order valence-electron chi connectivity index (χ0n) is 16.0. The summed E-state index contributed by atoms with van der Waals surface area (Å²) in [4.78, 5) is 38.2. The molecule has 5 N–H and O–H groups in total. The zero-order valence-corrected chi connectivity index (χ0v) is 17.6. The Balaban J connectivity index is 1.97. The molecule has 172 valence electrons. The summed E-state index contributed by atoms with van der Waals surface area (Å²) < 4.78 is 66.3. The molecule has 0 unspecified atom stereocenters. The molecule has 0 radical (unpaired) electrons. The fraction of sp³-hybridized carbons (Fsp3) is 0.222. The van der Waals surface area contributed by atoms with E-state index in [1.807, 2.05) is 0 Å². The van der Waals surface area contributed by atoms with E-state index in [0.717, 1.165) is 35.2 Å². The second-order valence-corrected chi connectivity index (χ2v) is 8.13. The van der Waals surface area contributed by atoms with Crippen molar-refractivity contribution in [2.24, 2.45) is 11.5 Å². The van der Waals surface area contributed by atoms with Crippen molar-refractivity contribution in [2.45, 2.75) is 19.1 Å². The number of hydrogen-bond acceptors (Lipinski definition) is 7. The van der Waals surface area contributed by atoms with E-state index in [2.05, 4.69) is 10.3 Å². The van der Waals surface area contributed by atoms with Crippen molar-refractivity contribution in [3.05, 3.63) is 50.8 Å². The SMILES string of the molecule is NC(=O)/C=C(\N)SCC(=O)CC(=O)NCc1nc(-c2ccc(F)c(C(F)(F)F)c2F)cs1. The van der Waals surface area contributed by atoms with Crippen molar-refractivity contribution in [1.29, 1.82) is 0 Å². The highest BCUT2D eigenvalue weighted by Gasteiger charge is 2.39. The molecule has 2 amide bonds. The van der Waals surface area contributed by atoms with Crippen LogP contribution in [-0.4, -0.2) is 28.3 Å². The number of Topliss-reactive ketones (excluding diaryl/α,β-unsaturated/α-hetero) is 1. The zero-order chi connectivity index (χ0) is 24.1. The topological polar surface area (TPSA) is 128 Å². The molecule has 0 fully saturated rings. The molecular formula is C18H15F5N4O3S2. The van der Waals surface area contributed by atoms with E-state index in [1.54, 1.807) is 0 Å². The number of nitrogens with one attached hydrogen (secondary N) is 1. The van der Waals surface area contributed by atoms with Gasteiger partial charge in [0.25, 0.3) is 0 Å². The number of benzene rings is 1. The molecule has 14 heteroatoms. The standard InChI is InChI=1S/C18H15F5N4O3S2/c19-10-2-1-9(17(20)16(10)18(21,22)23)11-7-32-15(27-11)5-26-14(30)3-8(28)6-31-13(25)4-12(24)29/h1-2,4,7H,3,5-6,25H2,(H2,24,29)(H,26,30)/b13-4+. The van der Waals surface area contributed by atoms with Crippen LogP contribution in [-0.2, 0) is 27.1 Å². The lowest BCUT2D eigenvalue weighted by Gasteiger charge is -2.11. The van der Waals surface area contributed by atoms with Gasteiger partial charge in [0, 0.05) is 17.0 Å². The van der Waals surface area contributed by atoms with Gasteiger partial charge < -0.3 is 16.8 Å². The van der Waals surface area contributed by atoms with Crippen LogP contribution in [0.2, 0.25) is 0 Å². The van der Waals surface area contributed by atoms with E-state index in [4.69, 9.17) is 11.5 Å². The predicted molar refractivity (Wildman–Crippen MR) is 108 cm³/mol. The number of carbonyl (C=O) groups is 3. The van der Waals surface area contributed by atoms with Gasteiger partial charge in [-0.3, -0.25) is 14.4 Å². The maximum atomic E-state index is 14.2. The van der Waals surface area contributed by atoms with Gasteiger partial charge in [-0.2, -0.15) is 13.2 Å². The van der Waals surface area contributed by atoms with E-state index in [1.165, 1.54) is 5.38 Å². The Bertz CT molecular complexity index is 1070. The molecule has 2 aromatic rings. The van der Waals surface area contributed by atoms with E-state index in [-0.39, 0.29) is 28.0 Å². The number of amides is 2. The highest BCUT2D eigenvalue weighted by Crippen LogP contribution is 2.37. The van der Waals surface area contributed by atoms with Crippen molar-refractivity contribution in [1.82, 2.24) is 10.3 Å². The van der Waals surface area contributed by atoms with Gasteiger partial charge in [-0.15, -0.1) is 23.1 Å². The van der Waals surface area contributed by atoms with Crippen LogP contribution in [0.5, 0.6) is 0 Å². The van der Waals surface area contributed by atoms with Crippen LogP contribution < -0.4 is 16.8 Å². The summed E-state index contributed by atoms with van der Waals surface area (Å²) in [5.74, 6) is -5.62. The summed E-state index contributed by atoms with van der Waals surface area (Å²) >= 11 is 1.76. The second-order valence-electron chi connectivity index (χ2n) is 6.14. The third-order valence-corrected chi connectivity index (χ3v) is 5.45. The van der Waals surface area contributed by atoms with Crippen molar-refractivity contribution in [3.8, 4) is 11.3 Å². The van der Waals surface area contributed by atoms with Gasteiger partial charge in [-0.05, 0) is 12.1 Å². The number of carbonyl (C=O) groups excluding carboxylic acids is 3. The van der Waals surface area contributed by atoms with Crippen LogP contribution in [0.4, 0.5) is 22.0 Å². The fourth-order valence-electron chi connectivity index (χ4n) is 2.34. The lowest BCUT2D eigenvalue weighted by atomic mass is 10.1. The van der Waals surface area contributed by atoms with Crippen LogP contribution >= 0.6 is 23.1 Å². The number of thiazole rings is 1. The number of halogens is 5. The van der Waals surface area contributed by atoms with Gasteiger partial charge in [0.05, 0.1) is 29.4 Å². The maximum Gasteiger partial charge on any atom is 0.422 e. The lowest BCUT2D eigenvalue weighted by Crippen LogP contribution is -2.26. The van der Waals surface area contributed by atoms with Gasteiger partial charge in [0.1, 0.15) is 22.2 Å². The summed E-state index contributed by atoms with van der Waals surface area (Å²) in [6.45, 7) is -0.164. The number of aromatic nitrogens is 1. The van der Waals surface area contributed by atoms with Crippen LogP contribution in [0.1, 0.15) is 17.0 Å². The molecule has 2 rings (SSSR count). The van der Waals surface area contributed by atoms with Crippen LogP contribution in [0.25, 0.3) is 11.3 Å². The Hall–Kier alpha value is -3.00. The molecule has 1 heterocycles. The van der Waals surface area contributed by atoms with Gasteiger partial charge in [-0.1, -0.05) is 0 Å². The average Bonchev–Trinajstić information content (AvgIpc) is 3.12. The van der Waals surface area contributed by atoms with Gasteiger partial charge in [0.2, 0.25) is 11.8 Å². The number of nitrogens with zero attached hydrogens (tertiary/aromatic N) is 1. The summed E-state index contributed by atoms with van der Waals surface area (Å²) in [6.07, 6.45) is -4.78. The Kier molecular flexibility index (Phi) is 8.32. The molecule has 0 atom stereocenters. The van der Waals surface area contributed by atoms with Crippen molar-refractivity contribution >= 4 is 40.7 Å². The van der Waals surface area contributed by atoms with Gasteiger partial charge in [-0.25, -0.2) is 13.8 Å². The predicted octanol–water partition coefficient (Wildman–Crippen LogP) is 2.70. The number of ketones is 1. The minimum Gasteiger partial charge on any atom is -0.393 e. The Morgan fingerprint density at radius 1 is 1.19 bits per heavy atom. The molecule has 0 bridgehead atoms. The quantitative estimate of drug-likeness (QED) is 0.279. The number of primary amides is 1. The van der Waals surface area contributed by atoms with E-state index in [9.17, 15) is 36.3 Å². The molecule has 0 aliphatic rings. The highest BCUT2D eigenvalue weighted by molar-refractivity contribution is 8.03. The molecule has 0 aliphatic heterocycles. The maximum absolute atomic E-state index is 14.2. The first-order valence-corrected chi connectivity index (χ1v) is 10.4. The Morgan fingerprint density at radius 2 is 1.88 bits per heavy atom. The third-order valence-electron chi connectivity index (χ3n) is 3.68. The summed E-state index contributed by atoms with van der Waals surface area (Å²) in [6, 6.07) is 1.34. The number of alkyl halides is 3. The smallest absolute Gasteiger partial charge is 0.393 e. The molecule has 0 aliphatic carbocycles. The molecule has 0 saturated carbocycles. The normalized spacial score (nSPS) is 12.0. The summed E-state index contributed by atoms with van der Waals surface area (Å²) in [5.41, 5.74) is 7.64. The molecule has 7 nitrogen and oxygen atoms in total. The lowest BCUT2D eigenvalue weighted by molar-refractivity contribution is -0.142. The minimum absolute atomic E-state index is 0.0169. The molecule has 1 aromatic carbocycles. The van der Waals surface area contributed by atoms with E-state index in [0.29, 0.717) is 6.07 Å². The molecule has 0 saturated heterocycles. The van der Waals surface area contributed by atoms with Gasteiger partial charge >= 0.3 is 6.18 Å². The van der Waals surface area contributed by atoms with Gasteiger partial charge in [0.15, 0.2) is 5.78 Å². The first-order chi connectivity index (χ1) is 14.9. The number of thioether (sulfide) groups is 1. The Morgan fingerprint density at radius 3 is 2.50 bits per heavy atom. The van der Waals surface area contributed by atoms with Crippen LogP contribution in [0.15, 0.2) is 28.6 Å². The Labute approximate surface area is 186 Å². The van der Waals surface area contributed by atoms with Crippen LogP contribution in [0.3, 0.4) is 0 Å². The monoisotopic (exact) mass is 494 g/mol. The second kappa shape index (κ2) is 10.5. The van der Waals surface area contributed by atoms with Crippen molar-refractivity contribution < 1.29 is 36.3 Å². The molecule has 0 spiro atoms. The van der Waals surface area contributed by atoms with Crippen molar-refractivity contribution in [2.75, 3.05) is 5.75 Å². The number of rotatable bonds is 9. The van der Waals surface area contributed by atoms with Crippen LogP contribution in [0, 0.1) is 11.6 Å². The minimum atomic E-state index is -5.22. The first-order valence-electron chi connectivity index (χ1n) is 8.56.